The Morgan fingerprint density at radius 1 is 0.857 bits per heavy atom. The van der Waals surface area contributed by atoms with E-state index in [0.29, 0.717) is 0 Å². The average Bonchev–Trinajstić information content (AvgIpc) is 2.64. The van der Waals surface area contributed by atoms with E-state index in [1.807, 2.05) is 45.0 Å². The van der Waals surface area contributed by atoms with Gasteiger partial charge in [-0.1, -0.05) is 76.8 Å². The lowest BCUT2D eigenvalue weighted by molar-refractivity contribution is -0.148. The third-order valence-electron chi connectivity index (χ3n) is 4.47. The molecular formula is C25H40O3. The zero-order chi connectivity index (χ0) is 20.7. The number of carbonyl (C=O) groups excluding carboxylic acids is 1. The van der Waals surface area contributed by atoms with Crippen molar-refractivity contribution in [2.75, 3.05) is 6.61 Å². The van der Waals surface area contributed by atoms with Gasteiger partial charge < -0.3 is 9.47 Å². The molecule has 0 aromatic heterocycles. The topological polar surface area (TPSA) is 35.5 Å². The van der Waals surface area contributed by atoms with Crippen LogP contribution in [0.1, 0.15) is 97.5 Å². The monoisotopic (exact) mass is 388 g/mol. The Morgan fingerprint density at radius 3 is 1.93 bits per heavy atom. The van der Waals surface area contributed by atoms with Crippen LogP contribution < -0.4 is 4.74 Å². The van der Waals surface area contributed by atoms with Gasteiger partial charge in [0, 0.05) is 6.08 Å². The summed E-state index contributed by atoms with van der Waals surface area (Å²) in [4.78, 5) is 11.7. The highest BCUT2D eigenvalue weighted by molar-refractivity contribution is 5.87. The van der Waals surface area contributed by atoms with E-state index in [9.17, 15) is 4.79 Å². The summed E-state index contributed by atoms with van der Waals surface area (Å²) in [7, 11) is 0. The van der Waals surface area contributed by atoms with Gasteiger partial charge in [0.25, 0.3) is 0 Å². The lowest BCUT2D eigenvalue weighted by Gasteiger charge is -2.17. The number of unbranched alkanes of at least 4 members (excludes halogenated alkanes) is 9. The molecule has 0 spiro atoms. The number of rotatable bonds is 14. The summed E-state index contributed by atoms with van der Waals surface area (Å²) >= 11 is 0. The van der Waals surface area contributed by atoms with Crippen molar-refractivity contribution in [3.63, 3.8) is 0 Å². The SMILES string of the molecule is CCCCCCCCCCCCOc1ccc(C=CC(=O)OC(C)(C)C)cc1. The van der Waals surface area contributed by atoms with Crippen LogP contribution in [0.15, 0.2) is 30.3 Å². The molecule has 3 nitrogen and oxygen atoms in total. The Bertz CT molecular complexity index is 552. The normalized spacial score (nSPS) is 11.7. The maximum absolute atomic E-state index is 11.7. The number of hydrogen-bond acceptors (Lipinski definition) is 3. The molecule has 0 amide bonds. The molecule has 0 N–H and O–H groups in total. The smallest absolute Gasteiger partial charge is 0.331 e. The van der Waals surface area contributed by atoms with Crippen LogP contribution in [-0.2, 0) is 9.53 Å². The van der Waals surface area contributed by atoms with Crippen molar-refractivity contribution in [2.45, 2.75) is 97.5 Å². The standard InChI is InChI=1S/C25H40O3/c1-5-6-7-8-9-10-11-12-13-14-21-27-23-18-15-22(16-19-23)17-20-24(26)28-25(2,3)4/h15-20H,5-14,21H2,1-4H3. The zero-order valence-corrected chi connectivity index (χ0v) is 18.5. The van der Waals surface area contributed by atoms with Crippen molar-refractivity contribution >= 4 is 12.0 Å². The quantitative estimate of drug-likeness (QED) is 0.190. The molecule has 0 fully saturated rings. The predicted octanol–water partition coefficient (Wildman–Crippen LogP) is 7.34. The minimum Gasteiger partial charge on any atom is -0.494 e. The van der Waals surface area contributed by atoms with Gasteiger partial charge in [-0.15, -0.1) is 0 Å². The number of hydrogen-bond donors (Lipinski definition) is 0. The van der Waals surface area contributed by atoms with E-state index in [-0.39, 0.29) is 5.97 Å². The highest BCUT2D eigenvalue weighted by Crippen LogP contribution is 2.15. The third-order valence-corrected chi connectivity index (χ3v) is 4.47. The van der Waals surface area contributed by atoms with E-state index in [0.717, 1.165) is 24.3 Å². The Labute approximate surface area is 172 Å². The number of carbonyl (C=O) groups is 1. The maximum atomic E-state index is 11.7. The first-order chi connectivity index (χ1) is 13.4. The lowest BCUT2D eigenvalue weighted by Crippen LogP contribution is -2.22. The summed E-state index contributed by atoms with van der Waals surface area (Å²) in [5.41, 5.74) is 0.491. The van der Waals surface area contributed by atoms with Gasteiger partial charge in [0.2, 0.25) is 0 Å². The molecule has 3 heteroatoms. The van der Waals surface area contributed by atoms with E-state index >= 15 is 0 Å². The fraction of sp³-hybridized carbons (Fsp3) is 0.640. The van der Waals surface area contributed by atoms with Crippen molar-refractivity contribution < 1.29 is 14.3 Å². The molecule has 0 saturated heterocycles. The molecule has 1 aromatic carbocycles. The van der Waals surface area contributed by atoms with Crippen molar-refractivity contribution in [3.8, 4) is 5.75 Å². The van der Waals surface area contributed by atoms with Crippen LogP contribution in [-0.4, -0.2) is 18.2 Å². The summed E-state index contributed by atoms with van der Waals surface area (Å²) in [6, 6.07) is 7.81. The second kappa shape index (κ2) is 14.3. The molecule has 0 heterocycles. The minimum absolute atomic E-state index is 0.325. The molecule has 0 aliphatic heterocycles. The van der Waals surface area contributed by atoms with Crippen molar-refractivity contribution in [1.29, 1.82) is 0 Å². The Balaban J connectivity index is 2.11. The van der Waals surface area contributed by atoms with Crippen molar-refractivity contribution in [1.82, 2.24) is 0 Å². The first-order valence-electron chi connectivity index (χ1n) is 11.0. The number of esters is 1. The van der Waals surface area contributed by atoms with Gasteiger partial charge in [-0.25, -0.2) is 4.79 Å². The van der Waals surface area contributed by atoms with Crippen molar-refractivity contribution in [2.24, 2.45) is 0 Å². The first kappa shape index (κ1) is 24.3. The average molecular weight is 389 g/mol. The van der Waals surface area contributed by atoms with E-state index in [2.05, 4.69) is 6.92 Å². The third kappa shape index (κ3) is 13.4. The molecular weight excluding hydrogens is 348 g/mol. The van der Waals surface area contributed by atoms with Crippen LogP contribution in [0.5, 0.6) is 5.75 Å². The molecule has 0 radical (unpaired) electrons. The Kier molecular flexibility index (Phi) is 12.4. The van der Waals surface area contributed by atoms with Crippen LogP contribution in [0.25, 0.3) is 6.08 Å². The van der Waals surface area contributed by atoms with E-state index in [1.165, 1.54) is 63.9 Å². The number of benzene rings is 1. The maximum Gasteiger partial charge on any atom is 0.331 e. The van der Waals surface area contributed by atoms with E-state index in [4.69, 9.17) is 9.47 Å². The minimum atomic E-state index is -0.465. The zero-order valence-electron chi connectivity index (χ0n) is 18.5. The fourth-order valence-corrected chi connectivity index (χ4v) is 2.95. The molecule has 0 aliphatic rings. The molecule has 1 rings (SSSR count). The van der Waals surface area contributed by atoms with E-state index < -0.39 is 5.60 Å². The summed E-state index contributed by atoms with van der Waals surface area (Å²) in [5.74, 6) is 0.555. The van der Waals surface area contributed by atoms with Gasteiger partial charge in [-0.05, 0) is 51.0 Å². The predicted molar refractivity (Wildman–Crippen MR) is 119 cm³/mol. The van der Waals surface area contributed by atoms with Gasteiger partial charge in [0.15, 0.2) is 0 Å². The molecule has 0 aliphatic carbocycles. The largest absolute Gasteiger partial charge is 0.494 e. The van der Waals surface area contributed by atoms with Crippen LogP contribution in [0.3, 0.4) is 0 Å². The van der Waals surface area contributed by atoms with Gasteiger partial charge in [-0.3, -0.25) is 0 Å². The molecule has 28 heavy (non-hydrogen) atoms. The van der Waals surface area contributed by atoms with Gasteiger partial charge in [-0.2, -0.15) is 0 Å². The van der Waals surface area contributed by atoms with Crippen molar-refractivity contribution in [3.05, 3.63) is 35.9 Å². The van der Waals surface area contributed by atoms with Crippen LogP contribution >= 0.6 is 0 Å². The molecule has 0 saturated carbocycles. The highest BCUT2D eigenvalue weighted by atomic mass is 16.6. The van der Waals surface area contributed by atoms with Gasteiger partial charge in [0.1, 0.15) is 11.4 Å². The number of ether oxygens (including phenoxy) is 2. The summed E-state index contributed by atoms with van der Waals surface area (Å²) in [6.45, 7) is 8.61. The Hall–Kier alpha value is -1.77. The molecule has 0 atom stereocenters. The second-order valence-electron chi connectivity index (χ2n) is 8.47. The van der Waals surface area contributed by atoms with E-state index in [1.54, 1.807) is 6.08 Å². The molecule has 0 unspecified atom stereocenters. The first-order valence-corrected chi connectivity index (χ1v) is 11.0. The van der Waals surface area contributed by atoms with Crippen LogP contribution in [0.4, 0.5) is 0 Å². The summed E-state index contributed by atoms with van der Waals surface area (Å²) < 4.78 is 11.1. The molecule has 1 aromatic rings. The van der Waals surface area contributed by atoms with Gasteiger partial charge in [0.05, 0.1) is 6.61 Å². The molecule has 0 bridgehead atoms. The summed E-state index contributed by atoms with van der Waals surface area (Å²) in [6.07, 6.45) is 16.5. The van der Waals surface area contributed by atoms with Gasteiger partial charge >= 0.3 is 5.97 Å². The second-order valence-corrected chi connectivity index (χ2v) is 8.47. The summed E-state index contributed by atoms with van der Waals surface area (Å²) in [5, 5.41) is 0. The highest BCUT2D eigenvalue weighted by Gasteiger charge is 2.13. The Morgan fingerprint density at radius 2 is 1.39 bits per heavy atom. The molecule has 158 valence electrons. The lowest BCUT2D eigenvalue weighted by atomic mass is 10.1. The van der Waals surface area contributed by atoms with Crippen LogP contribution in [0, 0.1) is 0 Å². The van der Waals surface area contributed by atoms with Crippen LogP contribution in [0.2, 0.25) is 0 Å². The fourth-order valence-electron chi connectivity index (χ4n) is 2.95.